The van der Waals surface area contributed by atoms with Crippen LogP contribution in [0.15, 0.2) is 133 Å². The Bertz CT molecular complexity index is 2740. The van der Waals surface area contributed by atoms with Gasteiger partial charge in [0.1, 0.15) is 0 Å². The van der Waals surface area contributed by atoms with Crippen molar-refractivity contribution in [2.75, 3.05) is 0 Å². The third-order valence-corrected chi connectivity index (χ3v) is 14.2. The largest absolute Gasteiger partial charge is 0.135 e. The molecule has 53 heavy (non-hydrogen) atoms. The van der Waals surface area contributed by atoms with Gasteiger partial charge in [-0.25, -0.2) is 0 Å². The maximum absolute atomic E-state index is 2.41. The summed E-state index contributed by atoms with van der Waals surface area (Å²) in [6, 6.07) is 51.4. The van der Waals surface area contributed by atoms with Crippen molar-refractivity contribution >= 4 is 74.6 Å². The maximum atomic E-state index is 2.41. The van der Waals surface area contributed by atoms with Crippen LogP contribution in [0, 0.1) is 0 Å². The second-order valence-corrected chi connectivity index (χ2v) is 16.9. The Morgan fingerprint density at radius 1 is 0.340 bits per heavy atom. The van der Waals surface area contributed by atoms with Crippen LogP contribution in [-0.4, -0.2) is 0 Å². The van der Waals surface area contributed by atoms with Gasteiger partial charge in [0, 0.05) is 25.7 Å². The van der Waals surface area contributed by atoms with Crippen molar-refractivity contribution in [1.82, 2.24) is 0 Å². The van der Waals surface area contributed by atoms with Gasteiger partial charge in [0.15, 0.2) is 0 Å². The van der Waals surface area contributed by atoms with Gasteiger partial charge in [-0.1, -0.05) is 166 Å². The molecule has 9 aromatic rings. The van der Waals surface area contributed by atoms with E-state index in [0.29, 0.717) is 11.8 Å². The van der Waals surface area contributed by atoms with Gasteiger partial charge in [0.05, 0.1) is 0 Å². The van der Waals surface area contributed by atoms with Crippen molar-refractivity contribution in [2.45, 2.75) is 76.0 Å². The molecular formula is C52H44S. The van der Waals surface area contributed by atoms with E-state index in [1.54, 1.807) is 11.1 Å². The monoisotopic (exact) mass is 700 g/mol. The molecule has 1 heteroatoms. The molecule has 0 N–H and O–H groups in total. The molecule has 0 atom stereocenters. The molecule has 2 fully saturated rings. The molecule has 0 aliphatic heterocycles. The van der Waals surface area contributed by atoms with Crippen LogP contribution in [-0.2, 0) is 0 Å². The van der Waals surface area contributed by atoms with Crippen molar-refractivity contribution in [3.05, 3.63) is 145 Å². The van der Waals surface area contributed by atoms with Gasteiger partial charge in [-0.15, -0.1) is 11.3 Å². The molecule has 0 radical (unpaired) electrons. The molecule has 0 saturated heterocycles. The van der Waals surface area contributed by atoms with Crippen LogP contribution in [0.3, 0.4) is 0 Å². The third-order valence-electron chi connectivity index (χ3n) is 13.0. The molecule has 0 bridgehead atoms. The topological polar surface area (TPSA) is 0 Å². The molecule has 1 heterocycles. The number of rotatable bonds is 4. The van der Waals surface area contributed by atoms with Gasteiger partial charge in [0.25, 0.3) is 0 Å². The standard InChI is InChI=1S/C52H44S/c1-3-17-33(18-4-1)47-35-21-7-11-25-39(35)49(40-26-12-8-22-36(40)47)43-29-16-32-46-51(43)45-31-15-30-44(52(45)53-46)50-41-27-13-9-23-37(41)48(34-19-5-2-6-20-34)38-24-10-14-28-42(38)50/h7-16,21-34H,1-6,17-20H2. The lowest BCUT2D eigenvalue weighted by atomic mass is 9.77. The SMILES string of the molecule is c1cc(-c2c3ccccc3c(C3CCCCC3)c3ccccc23)c2c(c1)sc1c(-c3c4ccccc4c(C4CCCCC4)c4ccccc34)cccc12. The van der Waals surface area contributed by atoms with Crippen LogP contribution >= 0.6 is 11.3 Å². The van der Waals surface area contributed by atoms with Crippen LogP contribution in [0.4, 0.5) is 0 Å². The molecule has 1 aromatic heterocycles. The minimum atomic E-state index is 0.627. The fourth-order valence-corrected chi connectivity index (χ4v) is 12.1. The minimum absolute atomic E-state index is 0.627. The highest BCUT2D eigenvalue weighted by atomic mass is 32.1. The van der Waals surface area contributed by atoms with Gasteiger partial charge in [-0.2, -0.15) is 0 Å². The Labute approximate surface area is 316 Å². The Hall–Kier alpha value is -4.98. The zero-order valence-electron chi connectivity index (χ0n) is 30.3. The van der Waals surface area contributed by atoms with Gasteiger partial charge in [-0.3, -0.25) is 0 Å². The summed E-state index contributed by atoms with van der Waals surface area (Å²) in [4.78, 5) is 0. The summed E-state index contributed by atoms with van der Waals surface area (Å²) in [5, 5.41) is 14.1. The molecule has 0 amide bonds. The predicted octanol–water partition coefficient (Wildman–Crippen LogP) is 16.1. The minimum Gasteiger partial charge on any atom is -0.135 e. The van der Waals surface area contributed by atoms with E-state index in [4.69, 9.17) is 0 Å². The first-order valence-corrected chi connectivity index (χ1v) is 21.0. The highest BCUT2D eigenvalue weighted by Gasteiger charge is 2.26. The Morgan fingerprint density at radius 2 is 0.717 bits per heavy atom. The van der Waals surface area contributed by atoms with E-state index in [-0.39, 0.29) is 0 Å². The molecule has 2 aliphatic rings. The molecular weight excluding hydrogens is 657 g/mol. The molecule has 2 aliphatic carbocycles. The van der Waals surface area contributed by atoms with E-state index >= 15 is 0 Å². The van der Waals surface area contributed by atoms with E-state index < -0.39 is 0 Å². The second kappa shape index (κ2) is 12.9. The van der Waals surface area contributed by atoms with Gasteiger partial charge < -0.3 is 0 Å². The quantitative estimate of drug-likeness (QED) is 0.160. The molecule has 2 saturated carbocycles. The summed E-state index contributed by atoms with van der Waals surface area (Å²) in [6.07, 6.45) is 13.3. The van der Waals surface area contributed by atoms with Crippen molar-refractivity contribution < 1.29 is 0 Å². The Kier molecular flexibility index (Phi) is 7.65. The number of hydrogen-bond donors (Lipinski definition) is 0. The first-order valence-electron chi connectivity index (χ1n) is 20.2. The summed E-state index contributed by atoms with van der Waals surface area (Å²) in [5.41, 5.74) is 8.66. The predicted molar refractivity (Wildman–Crippen MR) is 232 cm³/mol. The molecule has 11 rings (SSSR count). The Balaban J connectivity index is 1.20. The van der Waals surface area contributed by atoms with Crippen LogP contribution in [0.1, 0.15) is 87.2 Å². The van der Waals surface area contributed by atoms with Crippen molar-refractivity contribution in [3.63, 3.8) is 0 Å². The van der Waals surface area contributed by atoms with E-state index in [1.807, 2.05) is 11.3 Å². The first kappa shape index (κ1) is 31.5. The molecule has 0 nitrogen and oxygen atoms in total. The average molecular weight is 701 g/mol. The number of hydrogen-bond acceptors (Lipinski definition) is 1. The summed E-state index contributed by atoms with van der Waals surface area (Å²) in [5.74, 6) is 1.26. The lowest BCUT2D eigenvalue weighted by Gasteiger charge is -2.27. The fraction of sp³-hybridized carbons (Fsp3) is 0.231. The van der Waals surface area contributed by atoms with Gasteiger partial charge in [-0.05, 0) is 114 Å². The van der Waals surface area contributed by atoms with Crippen LogP contribution < -0.4 is 0 Å². The van der Waals surface area contributed by atoms with Gasteiger partial charge >= 0.3 is 0 Å². The highest BCUT2D eigenvalue weighted by molar-refractivity contribution is 7.26. The molecule has 0 spiro atoms. The molecule has 8 aromatic carbocycles. The average Bonchev–Trinajstić information content (AvgIpc) is 3.62. The fourth-order valence-electron chi connectivity index (χ4n) is 10.8. The number of benzene rings is 8. The number of thiophene rings is 1. The maximum Gasteiger partial charge on any atom is 0.0434 e. The summed E-state index contributed by atoms with van der Waals surface area (Å²) in [6.45, 7) is 0. The first-order chi connectivity index (χ1) is 26.3. The summed E-state index contributed by atoms with van der Waals surface area (Å²) < 4.78 is 2.75. The zero-order valence-corrected chi connectivity index (χ0v) is 31.2. The smallest absolute Gasteiger partial charge is 0.0434 e. The Morgan fingerprint density at radius 3 is 1.19 bits per heavy atom. The lowest BCUT2D eigenvalue weighted by molar-refractivity contribution is 0.447. The summed E-state index contributed by atoms with van der Waals surface area (Å²) in [7, 11) is 0. The van der Waals surface area contributed by atoms with Gasteiger partial charge in [0.2, 0.25) is 0 Å². The van der Waals surface area contributed by atoms with E-state index in [9.17, 15) is 0 Å². The zero-order chi connectivity index (χ0) is 34.9. The van der Waals surface area contributed by atoms with Crippen LogP contribution in [0.5, 0.6) is 0 Å². The number of fused-ring (bicyclic) bond motifs is 7. The third kappa shape index (κ3) is 4.93. The van der Waals surface area contributed by atoms with Crippen molar-refractivity contribution in [3.8, 4) is 22.3 Å². The summed E-state index contributed by atoms with van der Waals surface area (Å²) >= 11 is 1.98. The lowest BCUT2D eigenvalue weighted by Crippen LogP contribution is -2.06. The van der Waals surface area contributed by atoms with E-state index in [2.05, 4.69) is 133 Å². The highest BCUT2D eigenvalue weighted by Crippen LogP contribution is 2.52. The normalized spacial score (nSPS) is 16.2. The van der Waals surface area contributed by atoms with E-state index in [0.717, 1.165) is 0 Å². The second-order valence-electron chi connectivity index (χ2n) is 15.9. The van der Waals surface area contributed by atoms with Crippen LogP contribution in [0.2, 0.25) is 0 Å². The molecule has 258 valence electrons. The van der Waals surface area contributed by atoms with Crippen molar-refractivity contribution in [1.29, 1.82) is 0 Å². The van der Waals surface area contributed by atoms with Crippen molar-refractivity contribution in [2.24, 2.45) is 0 Å². The molecule has 0 unspecified atom stereocenters. The van der Waals surface area contributed by atoms with Crippen LogP contribution in [0.25, 0.3) is 85.5 Å². The van der Waals surface area contributed by atoms with E-state index in [1.165, 1.54) is 150 Å².